The second kappa shape index (κ2) is 9.82. The van der Waals surface area contributed by atoms with Gasteiger partial charge in [0.2, 0.25) is 0 Å². The molecule has 2 aromatic carbocycles. The van der Waals surface area contributed by atoms with Gasteiger partial charge in [0, 0.05) is 33.5 Å². The Morgan fingerprint density at radius 3 is 1.41 bits per heavy atom. The third-order valence-electron chi connectivity index (χ3n) is 6.53. The van der Waals surface area contributed by atoms with Crippen LogP contribution in [0.1, 0.15) is 29.2 Å². The average molecular weight is 483 g/mol. The Hall–Kier alpha value is -4.58. The molecule has 6 rings (SSSR count). The molecule has 0 atom stereocenters. The molecule has 6 heteroatoms. The number of aryl methyl sites for hydroxylation is 4. The number of pyridine rings is 2. The molecule has 37 heavy (non-hydrogen) atoms. The Morgan fingerprint density at radius 2 is 0.919 bits per heavy atom. The molecular weight excluding hydrogens is 456 g/mol. The van der Waals surface area contributed by atoms with Gasteiger partial charge >= 0.3 is 0 Å². The first kappa shape index (κ1) is 22.9. The fourth-order valence-electron chi connectivity index (χ4n) is 4.64. The molecule has 0 N–H and O–H groups in total. The van der Waals surface area contributed by atoms with Crippen molar-refractivity contribution in [2.75, 3.05) is 0 Å². The maximum atomic E-state index is 4.86. The molecule has 0 radical (unpaired) electrons. The predicted molar refractivity (Wildman–Crippen MR) is 147 cm³/mol. The molecule has 4 aromatic heterocycles. The Morgan fingerprint density at radius 1 is 0.459 bits per heavy atom. The lowest BCUT2D eigenvalue weighted by atomic mass is 10.1. The quantitative estimate of drug-likeness (QED) is 0.270. The SMILES string of the molecule is Cc1nc(-c2cccc(CCCc3cccc(-c4nc(C)c5ccccc5n4)n3)n2)nc2ccccc12. The van der Waals surface area contributed by atoms with Crippen molar-refractivity contribution in [3.8, 4) is 23.0 Å². The van der Waals surface area contributed by atoms with E-state index in [-0.39, 0.29) is 0 Å². The highest BCUT2D eigenvalue weighted by Gasteiger charge is 2.10. The lowest BCUT2D eigenvalue weighted by Gasteiger charge is -2.08. The van der Waals surface area contributed by atoms with E-state index in [2.05, 4.69) is 24.3 Å². The van der Waals surface area contributed by atoms with Crippen LogP contribution < -0.4 is 0 Å². The highest BCUT2D eigenvalue weighted by atomic mass is 14.9. The van der Waals surface area contributed by atoms with Crippen molar-refractivity contribution in [3.05, 3.63) is 108 Å². The van der Waals surface area contributed by atoms with Gasteiger partial charge in [0.25, 0.3) is 0 Å². The molecule has 4 heterocycles. The van der Waals surface area contributed by atoms with Gasteiger partial charge in [-0.25, -0.2) is 29.9 Å². The van der Waals surface area contributed by atoms with Crippen molar-refractivity contribution < 1.29 is 0 Å². The van der Waals surface area contributed by atoms with Gasteiger partial charge in [-0.2, -0.15) is 0 Å². The van der Waals surface area contributed by atoms with Crippen molar-refractivity contribution in [1.82, 2.24) is 29.9 Å². The first-order chi connectivity index (χ1) is 18.1. The molecule has 180 valence electrons. The molecule has 0 bridgehead atoms. The minimum Gasteiger partial charge on any atom is -0.249 e. The van der Waals surface area contributed by atoms with Crippen molar-refractivity contribution in [1.29, 1.82) is 0 Å². The summed E-state index contributed by atoms with van der Waals surface area (Å²) in [5.74, 6) is 1.33. The first-order valence-electron chi connectivity index (χ1n) is 12.5. The van der Waals surface area contributed by atoms with Gasteiger partial charge in [-0.1, -0.05) is 48.5 Å². The molecular formula is C31H26N6. The van der Waals surface area contributed by atoms with E-state index in [1.54, 1.807) is 0 Å². The molecule has 0 unspecified atom stereocenters. The van der Waals surface area contributed by atoms with Crippen molar-refractivity contribution in [2.24, 2.45) is 0 Å². The third-order valence-corrected chi connectivity index (χ3v) is 6.53. The van der Waals surface area contributed by atoms with E-state index in [1.807, 2.05) is 74.5 Å². The average Bonchev–Trinajstić information content (AvgIpc) is 2.93. The van der Waals surface area contributed by atoms with Crippen LogP contribution in [0.25, 0.3) is 44.8 Å². The summed E-state index contributed by atoms with van der Waals surface area (Å²) in [5.41, 5.74) is 7.45. The molecule has 0 amide bonds. The normalized spacial score (nSPS) is 11.3. The molecule has 0 aliphatic rings. The third kappa shape index (κ3) is 4.78. The smallest absolute Gasteiger partial charge is 0.178 e. The molecule has 6 nitrogen and oxygen atoms in total. The van der Waals surface area contributed by atoms with E-state index in [9.17, 15) is 0 Å². The number of rotatable bonds is 6. The molecule has 0 saturated heterocycles. The van der Waals surface area contributed by atoms with Gasteiger partial charge in [0.1, 0.15) is 11.4 Å². The highest BCUT2D eigenvalue weighted by Crippen LogP contribution is 2.22. The van der Waals surface area contributed by atoms with E-state index in [1.165, 1.54) is 0 Å². The van der Waals surface area contributed by atoms with Crippen LogP contribution in [0.5, 0.6) is 0 Å². The summed E-state index contributed by atoms with van der Waals surface area (Å²) in [5, 5.41) is 2.14. The van der Waals surface area contributed by atoms with Crippen LogP contribution in [-0.2, 0) is 12.8 Å². The fourth-order valence-corrected chi connectivity index (χ4v) is 4.64. The van der Waals surface area contributed by atoms with E-state index in [0.29, 0.717) is 11.6 Å². The number of aromatic nitrogens is 6. The number of para-hydroxylation sites is 2. The standard InChI is InChI=1S/C31H26N6/c1-20-24-14-3-5-16-26(24)36-30(32-20)28-18-8-12-22(34-28)10-7-11-23-13-9-19-29(35-23)31-33-21(2)25-15-4-6-17-27(25)37-31/h3-6,8-9,12-19H,7,10-11H2,1-2H3. The van der Waals surface area contributed by atoms with Crippen LogP contribution >= 0.6 is 0 Å². The maximum absolute atomic E-state index is 4.86. The van der Waals surface area contributed by atoms with Crippen LogP contribution in [0.2, 0.25) is 0 Å². The van der Waals surface area contributed by atoms with Gasteiger partial charge in [-0.3, -0.25) is 0 Å². The summed E-state index contributed by atoms with van der Waals surface area (Å²) in [7, 11) is 0. The summed E-state index contributed by atoms with van der Waals surface area (Å²) in [4.78, 5) is 28.6. The number of fused-ring (bicyclic) bond motifs is 2. The first-order valence-corrected chi connectivity index (χ1v) is 12.5. The Balaban J connectivity index is 1.17. The monoisotopic (exact) mass is 482 g/mol. The topological polar surface area (TPSA) is 77.3 Å². The zero-order valence-electron chi connectivity index (χ0n) is 20.9. The number of hydrogen-bond acceptors (Lipinski definition) is 6. The van der Waals surface area contributed by atoms with Crippen LogP contribution in [0.3, 0.4) is 0 Å². The molecule has 0 spiro atoms. The lowest BCUT2D eigenvalue weighted by Crippen LogP contribution is -2.00. The zero-order chi connectivity index (χ0) is 25.2. The largest absolute Gasteiger partial charge is 0.249 e. The molecule has 0 aliphatic carbocycles. The Kier molecular flexibility index (Phi) is 6.06. The minimum absolute atomic E-state index is 0.665. The van der Waals surface area contributed by atoms with Gasteiger partial charge in [-0.15, -0.1) is 0 Å². The maximum Gasteiger partial charge on any atom is 0.178 e. The Labute approximate surface area is 215 Å². The van der Waals surface area contributed by atoms with E-state index in [0.717, 1.165) is 75.2 Å². The Bertz CT molecular complexity index is 1620. The van der Waals surface area contributed by atoms with Crippen molar-refractivity contribution in [3.63, 3.8) is 0 Å². The minimum atomic E-state index is 0.665. The van der Waals surface area contributed by atoms with Gasteiger partial charge in [0.05, 0.1) is 11.0 Å². The van der Waals surface area contributed by atoms with Gasteiger partial charge < -0.3 is 0 Å². The molecule has 0 aliphatic heterocycles. The summed E-state index contributed by atoms with van der Waals surface area (Å²) < 4.78 is 0. The fraction of sp³-hybridized carbons (Fsp3) is 0.161. The molecule has 6 aromatic rings. The van der Waals surface area contributed by atoms with Crippen molar-refractivity contribution >= 4 is 21.8 Å². The zero-order valence-corrected chi connectivity index (χ0v) is 20.9. The van der Waals surface area contributed by atoms with E-state index < -0.39 is 0 Å². The second-order valence-electron chi connectivity index (χ2n) is 9.18. The summed E-state index contributed by atoms with van der Waals surface area (Å²) >= 11 is 0. The van der Waals surface area contributed by atoms with Crippen molar-refractivity contribution in [2.45, 2.75) is 33.1 Å². The lowest BCUT2D eigenvalue weighted by molar-refractivity contribution is 0.782. The number of hydrogen-bond donors (Lipinski definition) is 0. The summed E-state index contributed by atoms with van der Waals surface area (Å²) in [6, 6.07) is 28.3. The van der Waals surface area contributed by atoms with Gasteiger partial charge in [-0.05, 0) is 69.5 Å². The summed E-state index contributed by atoms with van der Waals surface area (Å²) in [6.07, 6.45) is 2.62. The van der Waals surface area contributed by atoms with Crippen LogP contribution in [0.4, 0.5) is 0 Å². The van der Waals surface area contributed by atoms with Crippen LogP contribution in [0.15, 0.2) is 84.9 Å². The van der Waals surface area contributed by atoms with E-state index >= 15 is 0 Å². The van der Waals surface area contributed by atoms with Crippen LogP contribution in [0, 0.1) is 13.8 Å². The predicted octanol–water partition coefficient (Wildman–Crippen LogP) is 6.49. The van der Waals surface area contributed by atoms with E-state index in [4.69, 9.17) is 29.9 Å². The van der Waals surface area contributed by atoms with Gasteiger partial charge in [0.15, 0.2) is 11.6 Å². The number of nitrogens with zero attached hydrogens (tertiary/aromatic N) is 6. The molecule has 0 saturated carbocycles. The molecule has 0 fully saturated rings. The highest BCUT2D eigenvalue weighted by molar-refractivity contribution is 5.83. The van der Waals surface area contributed by atoms with Crippen LogP contribution in [-0.4, -0.2) is 29.9 Å². The second-order valence-corrected chi connectivity index (χ2v) is 9.18. The summed E-state index contributed by atoms with van der Waals surface area (Å²) in [6.45, 7) is 4.03. The number of benzene rings is 2.